The van der Waals surface area contributed by atoms with E-state index in [9.17, 15) is 9.59 Å². The lowest BCUT2D eigenvalue weighted by Gasteiger charge is -2.30. The molecule has 6 nitrogen and oxygen atoms in total. The molecule has 0 aromatic heterocycles. The normalized spacial score (nSPS) is 11.5. The molecule has 2 rings (SSSR count). The Balaban J connectivity index is 2.18. The summed E-state index contributed by atoms with van der Waals surface area (Å²) in [6.07, 6.45) is 1.41. The van der Waals surface area contributed by atoms with Gasteiger partial charge in [-0.05, 0) is 43.0 Å². The second kappa shape index (κ2) is 11.9. The zero-order valence-electron chi connectivity index (χ0n) is 18.3. The van der Waals surface area contributed by atoms with E-state index in [4.69, 9.17) is 9.47 Å². The van der Waals surface area contributed by atoms with Crippen molar-refractivity contribution in [2.45, 2.75) is 45.7 Å². The van der Waals surface area contributed by atoms with Crippen molar-refractivity contribution >= 4 is 11.8 Å². The topological polar surface area (TPSA) is 67.9 Å². The summed E-state index contributed by atoms with van der Waals surface area (Å²) in [4.78, 5) is 27.5. The van der Waals surface area contributed by atoms with Crippen LogP contribution in [-0.2, 0) is 22.6 Å². The number of rotatable bonds is 11. The fourth-order valence-corrected chi connectivity index (χ4v) is 3.42. The van der Waals surface area contributed by atoms with Crippen LogP contribution in [0, 0.1) is 0 Å². The highest BCUT2D eigenvalue weighted by molar-refractivity contribution is 5.87. The maximum atomic E-state index is 13.2. The Morgan fingerprint density at radius 3 is 2.27 bits per heavy atom. The number of nitrogens with zero attached hydrogens (tertiary/aromatic N) is 1. The molecule has 0 spiro atoms. The molecule has 1 N–H and O–H groups in total. The lowest BCUT2D eigenvalue weighted by atomic mass is 10.1. The predicted octanol–water partition coefficient (Wildman–Crippen LogP) is 3.58. The predicted molar refractivity (Wildman–Crippen MR) is 118 cm³/mol. The summed E-state index contributed by atoms with van der Waals surface area (Å²) in [5.41, 5.74) is 1.98. The van der Waals surface area contributed by atoms with Gasteiger partial charge in [0, 0.05) is 19.5 Å². The molecular formula is C24H32N2O4. The first-order valence-corrected chi connectivity index (χ1v) is 10.4. The third-order valence-corrected chi connectivity index (χ3v) is 5.01. The van der Waals surface area contributed by atoms with Gasteiger partial charge in [0.05, 0.1) is 14.2 Å². The van der Waals surface area contributed by atoms with E-state index >= 15 is 0 Å². The highest BCUT2D eigenvalue weighted by atomic mass is 16.5. The number of methoxy groups -OCH3 is 2. The molecule has 0 aliphatic rings. The van der Waals surface area contributed by atoms with E-state index in [0.717, 1.165) is 11.1 Å². The molecule has 6 heteroatoms. The van der Waals surface area contributed by atoms with Crippen molar-refractivity contribution in [3.05, 3.63) is 59.7 Å². The number of nitrogens with one attached hydrogen (secondary N) is 1. The highest BCUT2D eigenvalue weighted by Gasteiger charge is 2.28. The van der Waals surface area contributed by atoms with Crippen LogP contribution in [0.15, 0.2) is 48.5 Å². The van der Waals surface area contributed by atoms with Gasteiger partial charge in [0.1, 0.15) is 6.04 Å². The van der Waals surface area contributed by atoms with Gasteiger partial charge in [-0.15, -0.1) is 0 Å². The molecule has 0 radical (unpaired) electrons. The molecule has 0 aliphatic carbocycles. The van der Waals surface area contributed by atoms with Crippen LogP contribution in [0.25, 0.3) is 0 Å². The van der Waals surface area contributed by atoms with Gasteiger partial charge in [0.2, 0.25) is 11.8 Å². The number of hydrogen-bond acceptors (Lipinski definition) is 4. The second-order valence-corrected chi connectivity index (χ2v) is 7.02. The highest BCUT2D eigenvalue weighted by Crippen LogP contribution is 2.28. The van der Waals surface area contributed by atoms with Gasteiger partial charge in [-0.2, -0.15) is 0 Å². The fraction of sp³-hybridized carbons (Fsp3) is 0.417. The Hall–Kier alpha value is -3.02. The number of carbonyl (C=O) groups excluding carboxylic acids is 2. The van der Waals surface area contributed by atoms with Crippen molar-refractivity contribution in [2.75, 3.05) is 20.8 Å². The van der Waals surface area contributed by atoms with Crippen molar-refractivity contribution in [1.82, 2.24) is 10.2 Å². The van der Waals surface area contributed by atoms with Gasteiger partial charge in [0.15, 0.2) is 11.5 Å². The van der Waals surface area contributed by atoms with Crippen LogP contribution in [-0.4, -0.2) is 43.5 Å². The standard InChI is InChI=1S/C24H32N2O4/c1-5-20(24(28)25-6-2)26(17-19-10-8-7-9-11-19)23(27)15-13-18-12-14-21(29-3)22(16-18)30-4/h7-12,14,16,20H,5-6,13,15,17H2,1-4H3,(H,25,28). The average Bonchev–Trinajstić information content (AvgIpc) is 2.77. The molecule has 0 fully saturated rings. The molecule has 0 heterocycles. The van der Waals surface area contributed by atoms with E-state index < -0.39 is 6.04 Å². The molecule has 0 aliphatic heterocycles. The zero-order chi connectivity index (χ0) is 21.9. The molecule has 2 aromatic carbocycles. The number of likely N-dealkylation sites (N-methyl/N-ethyl adjacent to an activating group) is 1. The van der Waals surface area contributed by atoms with E-state index in [0.29, 0.717) is 43.9 Å². The van der Waals surface area contributed by atoms with Gasteiger partial charge < -0.3 is 19.7 Å². The van der Waals surface area contributed by atoms with Crippen LogP contribution in [0.5, 0.6) is 11.5 Å². The molecule has 30 heavy (non-hydrogen) atoms. The smallest absolute Gasteiger partial charge is 0.242 e. The minimum Gasteiger partial charge on any atom is -0.493 e. The SMILES string of the molecule is CCNC(=O)C(CC)N(Cc1ccccc1)C(=O)CCc1ccc(OC)c(OC)c1. The largest absolute Gasteiger partial charge is 0.493 e. The Labute approximate surface area is 179 Å². The number of carbonyl (C=O) groups is 2. The van der Waals surface area contributed by atoms with Gasteiger partial charge in [-0.1, -0.05) is 43.3 Å². The first-order valence-electron chi connectivity index (χ1n) is 10.4. The van der Waals surface area contributed by atoms with Crippen molar-refractivity contribution in [1.29, 1.82) is 0 Å². The van der Waals surface area contributed by atoms with E-state index in [1.807, 2.05) is 62.4 Å². The molecule has 2 amide bonds. The first kappa shape index (κ1) is 23.3. The van der Waals surface area contributed by atoms with Gasteiger partial charge in [-0.3, -0.25) is 9.59 Å². The molecule has 162 valence electrons. The Morgan fingerprint density at radius 2 is 1.67 bits per heavy atom. The summed E-state index contributed by atoms with van der Waals surface area (Å²) in [6.45, 7) is 4.75. The maximum absolute atomic E-state index is 13.2. The van der Waals surface area contributed by atoms with Crippen LogP contribution in [0.2, 0.25) is 0 Å². The monoisotopic (exact) mass is 412 g/mol. The Bertz CT molecular complexity index is 823. The summed E-state index contributed by atoms with van der Waals surface area (Å²) in [7, 11) is 3.18. The maximum Gasteiger partial charge on any atom is 0.242 e. The van der Waals surface area contributed by atoms with Gasteiger partial charge in [-0.25, -0.2) is 0 Å². The summed E-state index contributed by atoms with van der Waals surface area (Å²) >= 11 is 0. The lowest BCUT2D eigenvalue weighted by molar-refractivity contribution is -0.141. The van der Waals surface area contributed by atoms with Gasteiger partial charge in [0.25, 0.3) is 0 Å². The number of amides is 2. The van der Waals surface area contributed by atoms with Gasteiger partial charge >= 0.3 is 0 Å². The minimum absolute atomic E-state index is 0.0493. The number of benzene rings is 2. The van der Waals surface area contributed by atoms with Crippen LogP contribution in [0.3, 0.4) is 0 Å². The molecule has 0 saturated heterocycles. The molecular weight excluding hydrogens is 380 g/mol. The number of hydrogen-bond donors (Lipinski definition) is 1. The Kier molecular flexibility index (Phi) is 9.19. The fourth-order valence-electron chi connectivity index (χ4n) is 3.42. The third kappa shape index (κ3) is 6.24. The Morgan fingerprint density at radius 1 is 0.967 bits per heavy atom. The molecule has 1 unspecified atom stereocenters. The van der Waals surface area contributed by atoms with Crippen molar-refractivity contribution in [3.8, 4) is 11.5 Å². The zero-order valence-corrected chi connectivity index (χ0v) is 18.3. The summed E-state index contributed by atoms with van der Waals surface area (Å²) < 4.78 is 10.6. The quantitative estimate of drug-likeness (QED) is 0.613. The lowest BCUT2D eigenvalue weighted by Crippen LogP contribution is -2.49. The summed E-state index contributed by atoms with van der Waals surface area (Å²) in [6, 6.07) is 14.9. The van der Waals surface area contributed by atoms with Crippen LogP contribution < -0.4 is 14.8 Å². The number of aryl methyl sites for hydroxylation is 1. The molecule has 1 atom stereocenters. The van der Waals surface area contributed by atoms with E-state index in [1.54, 1.807) is 19.1 Å². The van der Waals surface area contributed by atoms with E-state index in [-0.39, 0.29) is 11.8 Å². The summed E-state index contributed by atoms with van der Waals surface area (Å²) in [5, 5.41) is 2.86. The summed E-state index contributed by atoms with van der Waals surface area (Å²) in [5.74, 6) is 1.13. The minimum atomic E-state index is -0.497. The van der Waals surface area contributed by atoms with E-state index in [1.165, 1.54) is 0 Å². The van der Waals surface area contributed by atoms with Crippen LogP contribution in [0.4, 0.5) is 0 Å². The molecule has 0 saturated carbocycles. The molecule has 0 bridgehead atoms. The van der Waals surface area contributed by atoms with Crippen LogP contribution >= 0.6 is 0 Å². The van der Waals surface area contributed by atoms with Crippen molar-refractivity contribution in [3.63, 3.8) is 0 Å². The number of ether oxygens (including phenoxy) is 2. The van der Waals surface area contributed by atoms with E-state index in [2.05, 4.69) is 5.32 Å². The second-order valence-electron chi connectivity index (χ2n) is 7.02. The van der Waals surface area contributed by atoms with Crippen molar-refractivity contribution in [2.24, 2.45) is 0 Å². The van der Waals surface area contributed by atoms with Crippen LogP contribution in [0.1, 0.15) is 37.8 Å². The molecule has 2 aromatic rings. The first-order chi connectivity index (χ1) is 14.5. The van der Waals surface area contributed by atoms with Crippen molar-refractivity contribution < 1.29 is 19.1 Å². The average molecular weight is 413 g/mol. The third-order valence-electron chi connectivity index (χ3n) is 5.01.